The number of hydrogen-bond donors (Lipinski definition) is 3. The number of carbonyl (C=O) groups excluding carboxylic acids is 2. The average molecular weight is 235 g/mol. The van der Waals surface area contributed by atoms with E-state index in [0.717, 1.165) is 12.1 Å². The van der Waals surface area contributed by atoms with Crippen molar-refractivity contribution in [1.82, 2.24) is 5.32 Å². The Bertz CT molecular complexity index is 538. The van der Waals surface area contributed by atoms with Gasteiger partial charge in [-0.25, -0.2) is 9.59 Å². The highest BCUT2D eigenvalue weighted by atomic mass is 16.4. The summed E-state index contributed by atoms with van der Waals surface area (Å²) in [7, 11) is 0. The van der Waals surface area contributed by atoms with Gasteiger partial charge in [0, 0.05) is 0 Å². The lowest BCUT2D eigenvalue weighted by Crippen LogP contribution is -2.19. The maximum Gasteiger partial charge on any atom is 0.336 e. The first-order valence-electron chi connectivity index (χ1n) is 4.42. The molecule has 1 aliphatic rings. The molecule has 1 aliphatic heterocycles. The molecule has 86 valence electrons. The third-order valence-electron chi connectivity index (χ3n) is 2.33. The van der Waals surface area contributed by atoms with Crippen LogP contribution in [-0.4, -0.2) is 34.0 Å². The molecule has 0 saturated carbocycles. The molecule has 0 fully saturated rings. The molecule has 0 bridgehead atoms. The predicted octanol–water partition coefficient (Wildman–Crippen LogP) is -0.0334. The smallest absolute Gasteiger partial charge is 0.336 e. The highest BCUT2D eigenvalue weighted by molar-refractivity contribution is 6.23. The number of carboxylic acid groups (broad SMARTS) is 2. The Hall–Kier alpha value is -2.70. The summed E-state index contributed by atoms with van der Waals surface area (Å²) >= 11 is 0. The molecule has 1 aromatic rings. The maximum absolute atomic E-state index is 11.3. The van der Waals surface area contributed by atoms with Crippen LogP contribution in [0.4, 0.5) is 0 Å². The van der Waals surface area contributed by atoms with Gasteiger partial charge in [-0.1, -0.05) is 0 Å². The van der Waals surface area contributed by atoms with Crippen LogP contribution in [0, 0.1) is 0 Å². The van der Waals surface area contributed by atoms with Gasteiger partial charge in [-0.3, -0.25) is 14.9 Å². The number of rotatable bonds is 2. The molecule has 0 unspecified atom stereocenters. The molecule has 0 saturated heterocycles. The minimum Gasteiger partial charge on any atom is -0.478 e. The van der Waals surface area contributed by atoms with E-state index in [-0.39, 0.29) is 11.1 Å². The van der Waals surface area contributed by atoms with Crippen molar-refractivity contribution < 1.29 is 29.4 Å². The molecule has 0 atom stereocenters. The van der Waals surface area contributed by atoms with Gasteiger partial charge in [-0.05, 0) is 12.1 Å². The monoisotopic (exact) mass is 235 g/mol. The van der Waals surface area contributed by atoms with Crippen molar-refractivity contribution in [2.75, 3.05) is 0 Å². The minimum atomic E-state index is -1.47. The number of carbonyl (C=O) groups is 4. The molecule has 7 nitrogen and oxygen atoms in total. The first-order valence-corrected chi connectivity index (χ1v) is 4.42. The summed E-state index contributed by atoms with van der Waals surface area (Å²) in [4.78, 5) is 44.2. The topological polar surface area (TPSA) is 121 Å². The van der Waals surface area contributed by atoms with Crippen molar-refractivity contribution >= 4 is 23.8 Å². The SMILES string of the molecule is O=C(O)c1cc2c(cc1C(=O)O)C(=O)NC2=O. The van der Waals surface area contributed by atoms with E-state index in [2.05, 4.69) is 0 Å². The van der Waals surface area contributed by atoms with Crippen LogP contribution in [-0.2, 0) is 0 Å². The molecule has 17 heavy (non-hydrogen) atoms. The van der Waals surface area contributed by atoms with Gasteiger partial charge < -0.3 is 10.2 Å². The summed E-state index contributed by atoms with van der Waals surface area (Å²) in [5, 5.41) is 19.6. The largest absolute Gasteiger partial charge is 0.478 e. The fourth-order valence-corrected chi connectivity index (χ4v) is 1.57. The highest BCUT2D eigenvalue weighted by Gasteiger charge is 2.31. The van der Waals surface area contributed by atoms with Gasteiger partial charge >= 0.3 is 11.9 Å². The maximum atomic E-state index is 11.3. The number of benzene rings is 1. The van der Waals surface area contributed by atoms with Crippen molar-refractivity contribution in [3.05, 3.63) is 34.4 Å². The van der Waals surface area contributed by atoms with Crippen molar-refractivity contribution in [3.8, 4) is 0 Å². The molecule has 2 rings (SSSR count). The minimum absolute atomic E-state index is 0.127. The molecule has 0 aliphatic carbocycles. The van der Waals surface area contributed by atoms with Gasteiger partial charge in [0.25, 0.3) is 11.8 Å². The second-order valence-corrected chi connectivity index (χ2v) is 3.34. The van der Waals surface area contributed by atoms with Crippen LogP contribution in [0.5, 0.6) is 0 Å². The van der Waals surface area contributed by atoms with Crippen LogP contribution in [0.2, 0.25) is 0 Å². The number of nitrogens with one attached hydrogen (secondary N) is 1. The van der Waals surface area contributed by atoms with Crippen LogP contribution >= 0.6 is 0 Å². The summed E-state index contributed by atoms with van der Waals surface area (Å²) in [6, 6.07) is 1.78. The lowest BCUT2D eigenvalue weighted by molar-refractivity contribution is 0.0651. The molecular weight excluding hydrogens is 230 g/mol. The molecule has 1 heterocycles. The van der Waals surface area contributed by atoms with Crippen molar-refractivity contribution in [2.45, 2.75) is 0 Å². The second kappa shape index (κ2) is 3.41. The van der Waals surface area contributed by atoms with Gasteiger partial charge in [0.1, 0.15) is 0 Å². The molecule has 7 heteroatoms. The number of aromatic carboxylic acids is 2. The molecule has 0 aromatic heterocycles. The normalized spacial score (nSPS) is 13.2. The number of hydrogen-bond acceptors (Lipinski definition) is 4. The first-order chi connectivity index (χ1) is 7.91. The van der Waals surface area contributed by atoms with E-state index < -0.39 is 34.9 Å². The standard InChI is InChI=1S/C10H5NO6/c12-7-3-1-5(9(14)15)6(10(16)17)2-4(3)8(13)11-7/h1-2H,(H,14,15)(H,16,17)(H,11,12,13). The lowest BCUT2D eigenvalue weighted by atomic mass is 9.99. The Kier molecular flexibility index (Phi) is 2.17. The molecule has 0 radical (unpaired) electrons. The summed E-state index contributed by atoms with van der Waals surface area (Å²) in [6.07, 6.45) is 0. The second-order valence-electron chi connectivity index (χ2n) is 3.34. The van der Waals surface area contributed by atoms with E-state index in [4.69, 9.17) is 10.2 Å². The Morgan fingerprint density at radius 3 is 1.53 bits per heavy atom. The van der Waals surface area contributed by atoms with Gasteiger partial charge in [0.2, 0.25) is 0 Å². The Morgan fingerprint density at radius 1 is 0.882 bits per heavy atom. The molecule has 2 amide bonds. The summed E-state index contributed by atoms with van der Waals surface area (Å²) in [5.41, 5.74) is -1.31. The Morgan fingerprint density at radius 2 is 1.24 bits per heavy atom. The third kappa shape index (κ3) is 1.53. The molecule has 1 aromatic carbocycles. The third-order valence-corrected chi connectivity index (χ3v) is 2.33. The van der Waals surface area contributed by atoms with Gasteiger partial charge in [-0.2, -0.15) is 0 Å². The number of amides is 2. The average Bonchev–Trinajstić information content (AvgIpc) is 2.52. The van der Waals surface area contributed by atoms with Gasteiger partial charge in [0.05, 0.1) is 22.3 Å². The number of imide groups is 1. The predicted molar refractivity (Wildman–Crippen MR) is 52.2 cm³/mol. The number of carboxylic acids is 2. The Labute approximate surface area is 93.7 Å². The zero-order chi connectivity index (χ0) is 12.7. The van der Waals surface area contributed by atoms with Gasteiger partial charge in [-0.15, -0.1) is 0 Å². The van der Waals surface area contributed by atoms with E-state index >= 15 is 0 Å². The zero-order valence-electron chi connectivity index (χ0n) is 8.18. The van der Waals surface area contributed by atoms with Crippen LogP contribution in [0.3, 0.4) is 0 Å². The summed E-state index contributed by atoms with van der Waals surface area (Å²) < 4.78 is 0. The quantitative estimate of drug-likeness (QED) is 0.619. The molecular formula is C10H5NO6. The van der Waals surface area contributed by atoms with Crippen molar-refractivity contribution in [2.24, 2.45) is 0 Å². The van der Waals surface area contributed by atoms with Crippen LogP contribution in [0.25, 0.3) is 0 Å². The van der Waals surface area contributed by atoms with E-state index in [1.165, 1.54) is 0 Å². The summed E-state index contributed by atoms with van der Waals surface area (Å²) in [6.45, 7) is 0. The number of fused-ring (bicyclic) bond motifs is 1. The lowest BCUT2D eigenvalue weighted by Gasteiger charge is -2.03. The van der Waals surface area contributed by atoms with Crippen molar-refractivity contribution in [1.29, 1.82) is 0 Å². The van der Waals surface area contributed by atoms with E-state index in [1.807, 2.05) is 5.32 Å². The summed E-state index contributed by atoms with van der Waals surface area (Å²) in [5.74, 6) is -4.41. The zero-order valence-corrected chi connectivity index (χ0v) is 8.18. The van der Waals surface area contributed by atoms with Crippen molar-refractivity contribution in [3.63, 3.8) is 0 Å². The van der Waals surface area contributed by atoms with E-state index in [9.17, 15) is 19.2 Å². The van der Waals surface area contributed by atoms with Crippen LogP contribution in [0.1, 0.15) is 41.4 Å². The van der Waals surface area contributed by atoms with E-state index in [0.29, 0.717) is 0 Å². The van der Waals surface area contributed by atoms with Crippen LogP contribution in [0.15, 0.2) is 12.1 Å². The first kappa shape index (κ1) is 10.8. The van der Waals surface area contributed by atoms with Gasteiger partial charge in [0.15, 0.2) is 0 Å². The molecule has 3 N–H and O–H groups in total. The van der Waals surface area contributed by atoms with E-state index in [1.54, 1.807) is 0 Å². The fourth-order valence-electron chi connectivity index (χ4n) is 1.57. The Balaban J connectivity index is 2.76. The molecule has 0 spiro atoms. The highest BCUT2D eigenvalue weighted by Crippen LogP contribution is 2.21. The fraction of sp³-hybridized carbons (Fsp3) is 0. The van der Waals surface area contributed by atoms with Crippen LogP contribution < -0.4 is 5.32 Å².